The van der Waals surface area contributed by atoms with Crippen LogP contribution in [-0.2, 0) is 0 Å². The minimum Gasteiger partial charge on any atom is -0.507 e. The van der Waals surface area contributed by atoms with E-state index in [0.29, 0.717) is 0 Å². The standard InChI is InChI=1S/C19H22N4.C14H13N3O/c1-20-16-9-12-23-14-18(21-19(23)13-16)15-5-7-17(8-6-15)22-10-3-2-4-11-22;1-15-10-6-7-17-9-12(16-14(17)8-10)11-4-2-3-5-13(11)18/h5-9,12-14,20H,2-4,10-11H2,1H3;2-9,15,18H,1H3. The van der Waals surface area contributed by atoms with Crippen molar-refractivity contribution >= 4 is 28.4 Å². The number of piperidine rings is 1. The Hall–Kier alpha value is -4.98. The summed E-state index contributed by atoms with van der Waals surface area (Å²) in [5.74, 6) is 0.245. The summed E-state index contributed by atoms with van der Waals surface area (Å²) in [5, 5.41) is 16.1. The molecule has 6 aromatic rings. The minimum absolute atomic E-state index is 0.245. The van der Waals surface area contributed by atoms with E-state index in [2.05, 4.69) is 67.5 Å². The molecule has 3 N–H and O–H groups in total. The summed E-state index contributed by atoms with van der Waals surface area (Å²) >= 11 is 0. The van der Waals surface area contributed by atoms with Crippen LogP contribution < -0.4 is 15.5 Å². The van der Waals surface area contributed by atoms with Crippen LogP contribution in [0.2, 0.25) is 0 Å². The Morgan fingerprint density at radius 1 is 0.683 bits per heavy atom. The second kappa shape index (κ2) is 11.6. The van der Waals surface area contributed by atoms with Gasteiger partial charge in [0.05, 0.1) is 11.4 Å². The number of benzene rings is 2. The van der Waals surface area contributed by atoms with E-state index in [0.717, 1.165) is 39.6 Å². The van der Waals surface area contributed by atoms with Gasteiger partial charge in [-0.15, -0.1) is 0 Å². The highest BCUT2D eigenvalue weighted by Gasteiger charge is 2.12. The molecule has 0 bridgehead atoms. The molecule has 5 heterocycles. The van der Waals surface area contributed by atoms with Gasteiger partial charge in [0.15, 0.2) is 0 Å². The predicted molar refractivity (Wildman–Crippen MR) is 168 cm³/mol. The molecule has 4 aromatic heterocycles. The second-order valence-electron chi connectivity index (χ2n) is 10.2. The number of phenols is 1. The van der Waals surface area contributed by atoms with Crippen molar-refractivity contribution in [2.24, 2.45) is 0 Å². The van der Waals surface area contributed by atoms with Crippen molar-refractivity contribution in [1.82, 2.24) is 18.8 Å². The highest BCUT2D eigenvalue weighted by atomic mass is 16.3. The lowest BCUT2D eigenvalue weighted by Crippen LogP contribution is -2.29. The average molecular weight is 546 g/mol. The van der Waals surface area contributed by atoms with Gasteiger partial charge in [0.2, 0.25) is 0 Å². The van der Waals surface area contributed by atoms with Gasteiger partial charge >= 0.3 is 0 Å². The third-order valence-corrected chi connectivity index (χ3v) is 7.56. The molecule has 8 heteroatoms. The van der Waals surface area contributed by atoms with Gasteiger partial charge in [0.25, 0.3) is 0 Å². The topological polar surface area (TPSA) is 82.1 Å². The molecule has 1 saturated heterocycles. The van der Waals surface area contributed by atoms with E-state index < -0.39 is 0 Å². The molecule has 2 aromatic carbocycles. The molecule has 0 aliphatic carbocycles. The van der Waals surface area contributed by atoms with Crippen LogP contribution in [0.15, 0.2) is 97.6 Å². The highest BCUT2D eigenvalue weighted by molar-refractivity contribution is 5.70. The van der Waals surface area contributed by atoms with Crippen molar-refractivity contribution in [3.63, 3.8) is 0 Å². The zero-order chi connectivity index (χ0) is 28.2. The van der Waals surface area contributed by atoms with Crippen molar-refractivity contribution in [1.29, 1.82) is 0 Å². The molecule has 0 atom stereocenters. The number of fused-ring (bicyclic) bond motifs is 2. The molecule has 1 aliphatic heterocycles. The predicted octanol–water partition coefficient (Wildman–Crippen LogP) is 6.78. The van der Waals surface area contributed by atoms with Crippen LogP contribution in [0, 0.1) is 0 Å². The van der Waals surface area contributed by atoms with E-state index in [1.165, 1.54) is 43.6 Å². The monoisotopic (exact) mass is 545 g/mol. The van der Waals surface area contributed by atoms with Crippen LogP contribution in [-0.4, -0.2) is 51.1 Å². The molecule has 0 unspecified atom stereocenters. The molecule has 0 amide bonds. The van der Waals surface area contributed by atoms with Gasteiger partial charge in [-0.05, 0) is 55.7 Å². The van der Waals surface area contributed by atoms with Crippen molar-refractivity contribution in [2.75, 3.05) is 42.7 Å². The van der Waals surface area contributed by atoms with Gasteiger partial charge in [-0.25, -0.2) is 9.97 Å². The van der Waals surface area contributed by atoms with E-state index in [1.54, 1.807) is 12.1 Å². The Bertz CT molecular complexity index is 1760. The largest absolute Gasteiger partial charge is 0.507 e. The Morgan fingerprint density at radius 3 is 1.88 bits per heavy atom. The first-order valence-electron chi connectivity index (χ1n) is 14.1. The number of anilines is 3. The van der Waals surface area contributed by atoms with E-state index in [1.807, 2.05) is 61.4 Å². The third kappa shape index (κ3) is 5.68. The first-order valence-corrected chi connectivity index (χ1v) is 14.1. The second-order valence-corrected chi connectivity index (χ2v) is 10.2. The molecule has 0 saturated carbocycles. The Balaban J connectivity index is 0.000000152. The van der Waals surface area contributed by atoms with Gasteiger partial charge in [-0.1, -0.05) is 24.3 Å². The zero-order valence-corrected chi connectivity index (χ0v) is 23.5. The van der Waals surface area contributed by atoms with Crippen molar-refractivity contribution in [3.05, 3.63) is 97.6 Å². The summed E-state index contributed by atoms with van der Waals surface area (Å²) in [6, 6.07) is 24.1. The lowest BCUT2D eigenvalue weighted by molar-refractivity contribution is 0.477. The number of imidazole rings is 2. The maximum Gasteiger partial charge on any atom is 0.139 e. The number of hydrogen-bond donors (Lipinski definition) is 3. The third-order valence-electron chi connectivity index (χ3n) is 7.56. The molecule has 208 valence electrons. The van der Waals surface area contributed by atoms with Gasteiger partial charge in [-0.3, -0.25) is 0 Å². The molecule has 0 radical (unpaired) electrons. The fourth-order valence-corrected chi connectivity index (χ4v) is 5.23. The van der Waals surface area contributed by atoms with Crippen molar-refractivity contribution < 1.29 is 5.11 Å². The van der Waals surface area contributed by atoms with E-state index in [9.17, 15) is 5.11 Å². The summed E-state index contributed by atoms with van der Waals surface area (Å²) in [5.41, 5.74) is 8.92. The molecular formula is C33H35N7O. The van der Waals surface area contributed by atoms with Crippen LogP contribution >= 0.6 is 0 Å². The zero-order valence-electron chi connectivity index (χ0n) is 23.5. The number of phenolic OH excluding ortho intramolecular Hbond substituents is 1. The summed E-state index contributed by atoms with van der Waals surface area (Å²) < 4.78 is 4.00. The minimum atomic E-state index is 0.245. The van der Waals surface area contributed by atoms with Crippen LogP contribution in [0.3, 0.4) is 0 Å². The number of nitrogens with zero attached hydrogens (tertiary/aromatic N) is 5. The van der Waals surface area contributed by atoms with Gasteiger partial charge < -0.3 is 29.4 Å². The van der Waals surface area contributed by atoms with Gasteiger partial charge in [0, 0.05) is 92.3 Å². The van der Waals surface area contributed by atoms with Crippen molar-refractivity contribution in [3.8, 4) is 28.3 Å². The number of para-hydroxylation sites is 1. The Labute approximate surface area is 239 Å². The molecular weight excluding hydrogens is 510 g/mol. The van der Waals surface area contributed by atoms with Gasteiger partial charge in [0.1, 0.15) is 17.0 Å². The number of rotatable bonds is 5. The van der Waals surface area contributed by atoms with Crippen molar-refractivity contribution in [2.45, 2.75) is 19.3 Å². The van der Waals surface area contributed by atoms with Crippen LogP contribution in [0.5, 0.6) is 5.75 Å². The lowest BCUT2D eigenvalue weighted by atomic mass is 10.1. The molecule has 1 aliphatic rings. The molecule has 8 nitrogen and oxygen atoms in total. The number of nitrogens with one attached hydrogen (secondary N) is 2. The molecule has 41 heavy (non-hydrogen) atoms. The number of pyridine rings is 2. The summed E-state index contributed by atoms with van der Waals surface area (Å²) in [6.45, 7) is 2.36. The maximum atomic E-state index is 9.83. The summed E-state index contributed by atoms with van der Waals surface area (Å²) in [7, 11) is 3.80. The smallest absolute Gasteiger partial charge is 0.139 e. The van der Waals surface area contributed by atoms with Crippen LogP contribution in [0.25, 0.3) is 33.8 Å². The number of hydrogen-bond acceptors (Lipinski definition) is 6. The van der Waals surface area contributed by atoms with Crippen LogP contribution in [0.4, 0.5) is 17.1 Å². The normalized spacial score (nSPS) is 13.2. The quantitative estimate of drug-likeness (QED) is 0.222. The lowest BCUT2D eigenvalue weighted by Gasteiger charge is -2.28. The van der Waals surface area contributed by atoms with E-state index >= 15 is 0 Å². The molecule has 7 rings (SSSR count). The maximum absolute atomic E-state index is 9.83. The SMILES string of the molecule is CNc1ccn2cc(-c3ccc(N4CCCCC4)cc3)nc2c1.CNc1ccn2cc(-c3ccccc3O)nc2c1. The Kier molecular flexibility index (Phi) is 7.45. The Morgan fingerprint density at radius 2 is 1.27 bits per heavy atom. The number of aromatic hydroxyl groups is 1. The van der Waals surface area contributed by atoms with E-state index in [4.69, 9.17) is 4.98 Å². The van der Waals surface area contributed by atoms with Crippen LogP contribution in [0.1, 0.15) is 19.3 Å². The molecule has 1 fully saturated rings. The summed E-state index contributed by atoms with van der Waals surface area (Å²) in [4.78, 5) is 11.7. The fourth-order valence-electron chi connectivity index (χ4n) is 5.23. The first-order chi connectivity index (χ1) is 20.1. The van der Waals surface area contributed by atoms with Gasteiger partial charge in [-0.2, -0.15) is 0 Å². The fraction of sp³-hybridized carbons (Fsp3) is 0.212. The summed E-state index contributed by atoms with van der Waals surface area (Å²) in [6.07, 6.45) is 12.0. The average Bonchev–Trinajstić information content (AvgIpc) is 3.65. The molecule has 0 spiro atoms. The highest BCUT2D eigenvalue weighted by Crippen LogP contribution is 2.29. The number of aromatic nitrogens is 4. The van der Waals surface area contributed by atoms with E-state index in [-0.39, 0.29) is 5.75 Å². The first kappa shape index (κ1) is 26.3.